The molecule has 2 aromatic carbocycles. The molecule has 2 amide bonds. The number of sulfonamides is 1. The van der Waals surface area contributed by atoms with Gasteiger partial charge in [0.25, 0.3) is 11.8 Å². The molecule has 33 heavy (non-hydrogen) atoms. The van der Waals surface area contributed by atoms with Gasteiger partial charge in [-0.25, -0.2) is 12.8 Å². The van der Waals surface area contributed by atoms with Gasteiger partial charge in [-0.1, -0.05) is 12.1 Å². The van der Waals surface area contributed by atoms with Crippen molar-refractivity contribution in [2.45, 2.75) is 17.9 Å². The first-order valence-corrected chi connectivity index (χ1v) is 11.6. The number of hydrogen-bond acceptors (Lipinski definition) is 6. The zero-order valence-electron chi connectivity index (χ0n) is 17.9. The van der Waals surface area contributed by atoms with E-state index in [9.17, 15) is 22.4 Å². The van der Waals surface area contributed by atoms with E-state index in [-0.39, 0.29) is 4.90 Å². The molecular formula is C22H24FN3O6S. The van der Waals surface area contributed by atoms with Gasteiger partial charge in [-0.05, 0) is 55.0 Å². The highest BCUT2D eigenvalue weighted by atomic mass is 32.2. The molecular weight excluding hydrogens is 453 g/mol. The number of carbonyl (C=O) groups is 2. The van der Waals surface area contributed by atoms with Crippen LogP contribution in [0.25, 0.3) is 6.08 Å². The van der Waals surface area contributed by atoms with E-state index in [2.05, 4.69) is 10.9 Å². The molecule has 1 fully saturated rings. The van der Waals surface area contributed by atoms with Crippen molar-refractivity contribution in [3.8, 4) is 5.75 Å². The number of halogens is 1. The molecule has 1 heterocycles. The molecule has 3 rings (SSSR count). The van der Waals surface area contributed by atoms with E-state index in [4.69, 9.17) is 9.47 Å². The maximum atomic E-state index is 12.9. The van der Waals surface area contributed by atoms with Crippen molar-refractivity contribution >= 4 is 27.9 Å². The Morgan fingerprint density at radius 2 is 1.70 bits per heavy atom. The largest absolute Gasteiger partial charge is 0.481 e. The third-order valence-electron chi connectivity index (χ3n) is 4.72. The molecule has 1 saturated heterocycles. The van der Waals surface area contributed by atoms with Crippen molar-refractivity contribution in [2.75, 3.05) is 26.3 Å². The summed E-state index contributed by atoms with van der Waals surface area (Å²) in [4.78, 5) is 24.2. The molecule has 0 bridgehead atoms. The maximum absolute atomic E-state index is 12.9. The van der Waals surface area contributed by atoms with E-state index in [0.717, 1.165) is 0 Å². The minimum absolute atomic E-state index is 0.161. The number of morpholine rings is 1. The molecule has 1 unspecified atom stereocenters. The molecule has 2 N–H and O–H groups in total. The molecule has 1 aliphatic heterocycles. The standard InChI is InChI=1S/C22H24FN3O6S/c1-16(32-19-7-5-18(23)6-8-19)22(28)25-24-21(27)11-4-17-2-9-20(10-3-17)33(29,30)26-12-14-31-15-13-26/h2-11,16H,12-15H2,1H3,(H,24,27)(H,25,28)/b11-4+. The number of nitrogens with one attached hydrogen (secondary N) is 2. The van der Waals surface area contributed by atoms with E-state index in [1.807, 2.05) is 0 Å². The predicted octanol–water partition coefficient (Wildman–Crippen LogP) is 1.47. The van der Waals surface area contributed by atoms with Gasteiger partial charge in [-0.2, -0.15) is 4.31 Å². The number of rotatable bonds is 7. The fourth-order valence-corrected chi connectivity index (χ4v) is 4.30. The van der Waals surface area contributed by atoms with Crippen LogP contribution in [0.15, 0.2) is 59.5 Å². The number of ether oxygens (including phenoxy) is 2. The van der Waals surface area contributed by atoms with Crippen molar-refractivity contribution in [1.82, 2.24) is 15.2 Å². The lowest BCUT2D eigenvalue weighted by molar-refractivity contribution is -0.131. The zero-order valence-corrected chi connectivity index (χ0v) is 18.7. The Hall–Kier alpha value is -3.28. The van der Waals surface area contributed by atoms with E-state index >= 15 is 0 Å². The fraction of sp³-hybridized carbons (Fsp3) is 0.273. The molecule has 1 atom stereocenters. The Bertz CT molecular complexity index is 1100. The van der Waals surface area contributed by atoms with Crippen molar-refractivity contribution in [1.29, 1.82) is 0 Å². The summed E-state index contributed by atoms with van der Waals surface area (Å²) >= 11 is 0. The fourth-order valence-electron chi connectivity index (χ4n) is 2.90. The predicted molar refractivity (Wildman–Crippen MR) is 118 cm³/mol. The van der Waals surface area contributed by atoms with Gasteiger partial charge >= 0.3 is 0 Å². The van der Waals surface area contributed by atoms with Gasteiger partial charge in [-0.3, -0.25) is 20.4 Å². The number of hydrazine groups is 1. The highest BCUT2D eigenvalue weighted by Gasteiger charge is 2.26. The van der Waals surface area contributed by atoms with Gasteiger partial charge in [0.1, 0.15) is 11.6 Å². The summed E-state index contributed by atoms with van der Waals surface area (Å²) in [6.45, 7) is 2.83. The van der Waals surface area contributed by atoms with Crippen LogP contribution in [0.1, 0.15) is 12.5 Å². The Balaban J connectivity index is 1.48. The zero-order chi connectivity index (χ0) is 23.8. The quantitative estimate of drug-likeness (QED) is 0.461. The van der Waals surface area contributed by atoms with Crippen LogP contribution >= 0.6 is 0 Å². The molecule has 11 heteroatoms. The van der Waals surface area contributed by atoms with Gasteiger partial charge in [0, 0.05) is 19.2 Å². The average Bonchev–Trinajstić information content (AvgIpc) is 2.83. The second-order valence-corrected chi connectivity index (χ2v) is 9.05. The molecule has 176 valence electrons. The normalized spacial score (nSPS) is 15.7. The average molecular weight is 478 g/mol. The van der Waals surface area contributed by atoms with Gasteiger partial charge in [0.2, 0.25) is 10.0 Å². The molecule has 0 spiro atoms. The highest BCUT2D eigenvalue weighted by molar-refractivity contribution is 7.89. The van der Waals surface area contributed by atoms with E-state index in [1.165, 1.54) is 59.8 Å². The molecule has 0 saturated carbocycles. The Kier molecular flexibility index (Phi) is 8.15. The number of amides is 2. The SMILES string of the molecule is CC(Oc1ccc(F)cc1)C(=O)NNC(=O)/C=C/c1ccc(S(=O)(=O)N2CCOCC2)cc1. The van der Waals surface area contributed by atoms with Crippen LogP contribution in [0.2, 0.25) is 0 Å². The number of nitrogens with zero attached hydrogens (tertiary/aromatic N) is 1. The lowest BCUT2D eigenvalue weighted by Crippen LogP contribution is -2.46. The van der Waals surface area contributed by atoms with Crippen molar-refractivity contribution in [3.05, 3.63) is 66.0 Å². The molecule has 0 aromatic heterocycles. The van der Waals surface area contributed by atoms with Gasteiger partial charge in [0.05, 0.1) is 18.1 Å². The molecule has 2 aromatic rings. The number of hydrogen-bond donors (Lipinski definition) is 2. The van der Waals surface area contributed by atoms with E-state index in [0.29, 0.717) is 37.6 Å². The Labute approximate surface area is 191 Å². The smallest absolute Gasteiger partial charge is 0.279 e. The second kappa shape index (κ2) is 11.0. The Morgan fingerprint density at radius 3 is 2.33 bits per heavy atom. The maximum Gasteiger partial charge on any atom is 0.279 e. The van der Waals surface area contributed by atoms with Crippen LogP contribution < -0.4 is 15.6 Å². The van der Waals surface area contributed by atoms with Gasteiger partial charge < -0.3 is 9.47 Å². The van der Waals surface area contributed by atoms with E-state index in [1.54, 1.807) is 12.1 Å². The summed E-state index contributed by atoms with van der Waals surface area (Å²) in [6, 6.07) is 11.3. The van der Waals surface area contributed by atoms with Crippen LogP contribution in [0.3, 0.4) is 0 Å². The second-order valence-electron chi connectivity index (χ2n) is 7.11. The summed E-state index contributed by atoms with van der Waals surface area (Å²) in [5, 5.41) is 0. The van der Waals surface area contributed by atoms with Crippen LogP contribution in [-0.2, 0) is 24.3 Å². The van der Waals surface area contributed by atoms with Crippen molar-refractivity contribution < 1.29 is 31.9 Å². The van der Waals surface area contributed by atoms with Crippen LogP contribution in [-0.4, -0.2) is 56.9 Å². The summed E-state index contributed by atoms with van der Waals surface area (Å²) in [5.41, 5.74) is 5.06. The van der Waals surface area contributed by atoms with Crippen LogP contribution in [0.4, 0.5) is 4.39 Å². The molecule has 9 nitrogen and oxygen atoms in total. The highest BCUT2D eigenvalue weighted by Crippen LogP contribution is 2.18. The summed E-state index contributed by atoms with van der Waals surface area (Å²) in [7, 11) is -3.59. The monoisotopic (exact) mass is 477 g/mol. The van der Waals surface area contributed by atoms with Gasteiger partial charge in [0.15, 0.2) is 6.10 Å². The van der Waals surface area contributed by atoms with E-state index < -0.39 is 33.8 Å². The molecule has 0 aliphatic carbocycles. The first kappa shape index (κ1) is 24.4. The van der Waals surface area contributed by atoms with Crippen molar-refractivity contribution in [3.63, 3.8) is 0 Å². The first-order valence-electron chi connectivity index (χ1n) is 10.1. The van der Waals surface area contributed by atoms with Crippen LogP contribution in [0, 0.1) is 5.82 Å². The Morgan fingerprint density at radius 1 is 1.06 bits per heavy atom. The minimum Gasteiger partial charge on any atom is -0.481 e. The number of benzene rings is 2. The summed E-state index contributed by atoms with van der Waals surface area (Å²) < 4.78 is 50.1. The molecule has 1 aliphatic rings. The third-order valence-corrected chi connectivity index (χ3v) is 6.63. The summed E-state index contributed by atoms with van der Waals surface area (Å²) in [5.74, 6) is -1.31. The lowest BCUT2D eigenvalue weighted by atomic mass is 10.2. The first-order chi connectivity index (χ1) is 15.8. The number of carbonyl (C=O) groups excluding carboxylic acids is 2. The third kappa shape index (κ3) is 6.85. The topological polar surface area (TPSA) is 114 Å². The summed E-state index contributed by atoms with van der Waals surface area (Å²) in [6.07, 6.45) is 1.74. The van der Waals surface area contributed by atoms with Gasteiger partial charge in [-0.15, -0.1) is 0 Å². The van der Waals surface area contributed by atoms with Crippen molar-refractivity contribution in [2.24, 2.45) is 0 Å². The van der Waals surface area contributed by atoms with Crippen LogP contribution in [0.5, 0.6) is 5.75 Å². The lowest BCUT2D eigenvalue weighted by Gasteiger charge is -2.26. The minimum atomic E-state index is -3.59. The molecule has 0 radical (unpaired) electrons.